The lowest BCUT2D eigenvalue weighted by Crippen LogP contribution is -2.36. The molecule has 0 aromatic heterocycles. The Balaban J connectivity index is 2.41. The Hall–Kier alpha value is -2.19. The third kappa shape index (κ3) is 6.62. The lowest BCUT2D eigenvalue weighted by molar-refractivity contribution is -0.137. The van der Waals surface area contributed by atoms with E-state index in [1.54, 1.807) is 0 Å². The highest BCUT2D eigenvalue weighted by Crippen LogP contribution is 2.29. The van der Waals surface area contributed by atoms with Crippen molar-refractivity contribution in [3.8, 4) is 0 Å². The van der Waals surface area contributed by atoms with E-state index in [2.05, 4.69) is 17.2 Å². The first-order chi connectivity index (χ1) is 10.5. The third-order valence-corrected chi connectivity index (χ3v) is 2.82. The molecule has 23 heavy (non-hydrogen) atoms. The van der Waals surface area contributed by atoms with E-state index < -0.39 is 35.9 Å². The first-order valence-electron chi connectivity index (χ1n) is 6.43. The summed E-state index contributed by atoms with van der Waals surface area (Å²) in [7, 11) is 0. The van der Waals surface area contributed by atoms with Gasteiger partial charge in [0.1, 0.15) is 0 Å². The number of halogens is 6. The van der Waals surface area contributed by atoms with E-state index in [4.69, 9.17) is 0 Å². The van der Waals surface area contributed by atoms with Crippen LogP contribution in [0, 0.1) is 0 Å². The Morgan fingerprint density at radius 1 is 1.09 bits per heavy atom. The fourth-order valence-corrected chi connectivity index (χ4v) is 1.57. The van der Waals surface area contributed by atoms with Gasteiger partial charge in [-0.3, -0.25) is 0 Å². The highest BCUT2D eigenvalue weighted by molar-refractivity contribution is 5.73. The molecule has 0 spiro atoms. The van der Waals surface area contributed by atoms with Crippen LogP contribution in [0.5, 0.6) is 0 Å². The largest absolute Gasteiger partial charge is 0.416 e. The fraction of sp³-hybridized carbons (Fsp3) is 0.357. The molecule has 3 nitrogen and oxygen atoms in total. The Kier molecular flexibility index (Phi) is 6.05. The van der Waals surface area contributed by atoms with E-state index in [1.807, 2.05) is 0 Å². The molecule has 0 aliphatic heterocycles. The lowest BCUT2D eigenvalue weighted by atomic mass is 10.1. The molecule has 128 valence electrons. The molecule has 0 unspecified atom stereocenters. The van der Waals surface area contributed by atoms with Crippen molar-refractivity contribution >= 4 is 6.03 Å². The van der Waals surface area contributed by atoms with Crippen LogP contribution in [0.2, 0.25) is 0 Å². The van der Waals surface area contributed by atoms with Crippen LogP contribution in [-0.2, 0) is 12.7 Å². The number of nitrogens with one attached hydrogen (secondary N) is 2. The summed E-state index contributed by atoms with van der Waals surface area (Å²) in [4.78, 5) is 11.4. The molecule has 0 fully saturated rings. The van der Waals surface area contributed by atoms with Crippen LogP contribution in [0.1, 0.15) is 17.5 Å². The maximum atomic E-state index is 12.5. The molecule has 0 heterocycles. The fourth-order valence-electron chi connectivity index (χ4n) is 1.57. The van der Waals surface area contributed by atoms with Crippen LogP contribution in [0.25, 0.3) is 0 Å². The molecule has 0 aliphatic carbocycles. The van der Waals surface area contributed by atoms with Crippen LogP contribution >= 0.6 is 0 Å². The second-order valence-corrected chi connectivity index (χ2v) is 4.66. The summed E-state index contributed by atoms with van der Waals surface area (Å²) in [5.74, 6) is 0. The highest BCUT2D eigenvalue weighted by Gasteiger charge is 2.31. The Morgan fingerprint density at radius 3 is 2.30 bits per heavy atom. The van der Waals surface area contributed by atoms with Crippen LogP contribution in [0.3, 0.4) is 0 Å². The predicted molar refractivity (Wildman–Crippen MR) is 71.5 cm³/mol. The number of hydrogen-bond donors (Lipinski definition) is 2. The van der Waals surface area contributed by atoms with Crippen LogP contribution in [0.15, 0.2) is 36.4 Å². The molecule has 2 amide bonds. The van der Waals surface area contributed by atoms with Gasteiger partial charge in [-0.1, -0.05) is 18.7 Å². The zero-order chi connectivity index (χ0) is 17.7. The van der Waals surface area contributed by atoms with Gasteiger partial charge in [0.25, 0.3) is 0 Å². The molecular formula is C14H14F6N2O. The Morgan fingerprint density at radius 2 is 1.74 bits per heavy atom. The van der Waals surface area contributed by atoms with Crippen molar-refractivity contribution in [3.05, 3.63) is 47.5 Å². The van der Waals surface area contributed by atoms with Crippen molar-refractivity contribution in [1.29, 1.82) is 0 Å². The van der Waals surface area contributed by atoms with Gasteiger partial charge in [-0.25, -0.2) is 4.79 Å². The summed E-state index contributed by atoms with van der Waals surface area (Å²) in [6, 6.07) is 3.59. The SMILES string of the molecule is C=C(CCNC(=O)NCc1cccc(C(F)(F)F)c1)C(F)(F)F. The summed E-state index contributed by atoms with van der Waals surface area (Å²) in [6.07, 6.45) is -9.48. The quantitative estimate of drug-likeness (QED) is 0.617. The van der Waals surface area contributed by atoms with E-state index in [9.17, 15) is 31.1 Å². The van der Waals surface area contributed by atoms with Gasteiger partial charge >= 0.3 is 18.4 Å². The molecule has 0 saturated heterocycles. The zero-order valence-corrected chi connectivity index (χ0v) is 11.8. The van der Waals surface area contributed by atoms with Crippen molar-refractivity contribution < 1.29 is 31.1 Å². The number of rotatable bonds is 5. The summed E-state index contributed by atoms with van der Waals surface area (Å²) in [5, 5.41) is 4.43. The van der Waals surface area contributed by atoms with Gasteiger partial charge < -0.3 is 10.6 Å². The Bertz CT molecular complexity index is 565. The van der Waals surface area contributed by atoms with Gasteiger partial charge in [0.15, 0.2) is 0 Å². The van der Waals surface area contributed by atoms with Gasteiger partial charge in [-0.2, -0.15) is 26.3 Å². The molecular weight excluding hydrogens is 326 g/mol. The van der Waals surface area contributed by atoms with E-state index in [0.29, 0.717) is 0 Å². The zero-order valence-electron chi connectivity index (χ0n) is 11.8. The molecule has 0 aliphatic rings. The number of urea groups is 1. The maximum absolute atomic E-state index is 12.5. The van der Waals surface area contributed by atoms with Crippen LogP contribution in [0.4, 0.5) is 31.1 Å². The third-order valence-electron chi connectivity index (χ3n) is 2.82. The highest BCUT2D eigenvalue weighted by atomic mass is 19.4. The first kappa shape index (κ1) is 18.9. The normalized spacial score (nSPS) is 11.9. The molecule has 0 bridgehead atoms. The molecule has 1 rings (SSSR count). The van der Waals surface area contributed by atoms with Crippen molar-refractivity contribution in [3.63, 3.8) is 0 Å². The number of alkyl halides is 6. The van der Waals surface area contributed by atoms with E-state index >= 15 is 0 Å². The summed E-state index contributed by atoms with van der Waals surface area (Å²) >= 11 is 0. The van der Waals surface area contributed by atoms with Crippen LogP contribution < -0.4 is 10.6 Å². The predicted octanol–water partition coefficient (Wildman–Crippen LogP) is 4.01. The molecule has 0 radical (unpaired) electrons. The minimum atomic E-state index is -4.52. The van der Waals surface area contributed by atoms with Gasteiger partial charge in [0, 0.05) is 18.7 Å². The molecule has 0 atom stereocenters. The van der Waals surface area contributed by atoms with Gasteiger partial charge in [-0.15, -0.1) is 0 Å². The Labute approximate surface area is 128 Å². The number of carbonyl (C=O) groups excluding carboxylic acids is 1. The second kappa shape index (κ2) is 7.38. The van der Waals surface area contributed by atoms with Gasteiger partial charge in [0.2, 0.25) is 0 Å². The molecule has 1 aromatic rings. The maximum Gasteiger partial charge on any atom is 0.416 e. The average molecular weight is 340 g/mol. The minimum Gasteiger partial charge on any atom is -0.338 e. The van der Waals surface area contributed by atoms with Crippen LogP contribution in [-0.4, -0.2) is 18.8 Å². The molecule has 0 saturated carbocycles. The van der Waals surface area contributed by atoms with E-state index in [0.717, 1.165) is 12.1 Å². The van der Waals surface area contributed by atoms with Crippen molar-refractivity contribution in [2.45, 2.75) is 25.3 Å². The number of carbonyl (C=O) groups is 1. The summed E-state index contributed by atoms with van der Waals surface area (Å²) in [5.41, 5.74) is -1.61. The number of amides is 2. The van der Waals surface area contributed by atoms with Crippen molar-refractivity contribution in [2.75, 3.05) is 6.54 Å². The minimum absolute atomic E-state index is 0.185. The number of hydrogen-bond acceptors (Lipinski definition) is 1. The monoisotopic (exact) mass is 340 g/mol. The topological polar surface area (TPSA) is 41.1 Å². The summed E-state index contributed by atoms with van der Waals surface area (Å²) < 4.78 is 74.0. The first-order valence-corrected chi connectivity index (χ1v) is 6.43. The van der Waals surface area contributed by atoms with Crippen molar-refractivity contribution in [2.24, 2.45) is 0 Å². The molecule has 1 aromatic carbocycles. The lowest BCUT2D eigenvalue weighted by Gasteiger charge is -2.12. The van der Waals surface area contributed by atoms with Gasteiger partial charge in [0.05, 0.1) is 5.56 Å². The van der Waals surface area contributed by atoms with E-state index in [1.165, 1.54) is 12.1 Å². The van der Waals surface area contributed by atoms with Gasteiger partial charge in [-0.05, 0) is 24.1 Å². The molecule has 9 heteroatoms. The average Bonchev–Trinajstić information content (AvgIpc) is 2.43. The number of benzene rings is 1. The standard InChI is InChI=1S/C14H14F6N2O/c1-9(13(15,16)17)5-6-21-12(23)22-8-10-3-2-4-11(7-10)14(18,19)20/h2-4,7H,1,5-6,8H2,(H2,21,22,23). The smallest absolute Gasteiger partial charge is 0.338 e. The van der Waals surface area contributed by atoms with E-state index in [-0.39, 0.29) is 18.7 Å². The summed E-state index contributed by atoms with van der Waals surface area (Å²) in [6.45, 7) is 2.38. The van der Waals surface area contributed by atoms with Crippen molar-refractivity contribution in [1.82, 2.24) is 10.6 Å². The molecule has 2 N–H and O–H groups in total. The second-order valence-electron chi connectivity index (χ2n) is 4.66.